The first-order valence-corrected chi connectivity index (χ1v) is 6.98. The molecule has 0 saturated heterocycles. The van der Waals surface area contributed by atoms with Crippen LogP contribution in [0.15, 0.2) is 24.3 Å². The first-order chi connectivity index (χ1) is 9.45. The molecule has 0 amide bonds. The van der Waals surface area contributed by atoms with Crippen molar-refractivity contribution < 1.29 is 4.74 Å². The van der Waals surface area contributed by atoms with Gasteiger partial charge in [-0.15, -0.1) is 0 Å². The zero-order valence-electron chi connectivity index (χ0n) is 12.7. The van der Waals surface area contributed by atoms with E-state index in [-0.39, 0.29) is 0 Å². The minimum atomic E-state index is 0.506. The molecule has 0 radical (unpaired) electrons. The molecule has 20 heavy (non-hydrogen) atoms. The van der Waals surface area contributed by atoms with Crippen molar-refractivity contribution in [3.63, 3.8) is 0 Å². The van der Waals surface area contributed by atoms with Crippen molar-refractivity contribution in [2.24, 2.45) is 5.92 Å². The lowest BCUT2D eigenvalue weighted by atomic mass is 10.1. The lowest BCUT2D eigenvalue weighted by molar-refractivity contribution is 0.268. The van der Waals surface area contributed by atoms with Crippen molar-refractivity contribution in [2.45, 2.75) is 34.2 Å². The lowest BCUT2D eigenvalue weighted by Crippen LogP contribution is -2.09. The number of hydrogen-bond acceptors (Lipinski definition) is 3. The van der Waals surface area contributed by atoms with Gasteiger partial charge in [-0.25, -0.2) is 0 Å². The van der Waals surface area contributed by atoms with Crippen LogP contribution in [0.2, 0.25) is 0 Å². The number of aromatic nitrogens is 2. The molecule has 108 valence electrons. The molecule has 0 fully saturated rings. The molecule has 1 heterocycles. The van der Waals surface area contributed by atoms with Crippen LogP contribution >= 0.6 is 0 Å². The number of aryl methyl sites for hydroxylation is 2. The van der Waals surface area contributed by atoms with Crippen molar-refractivity contribution in [3.8, 4) is 5.75 Å². The standard InChI is InChI=1S/C16H23N3O/c1-11(2)10-20-15-6-5-12(3)7-14(15)9-19-13(4)8-16(17)18-19/h5-8,11H,9-10H2,1-4H3,(H2,17,18). The highest BCUT2D eigenvalue weighted by Gasteiger charge is 2.09. The third-order valence-corrected chi connectivity index (χ3v) is 3.11. The molecule has 4 heteroatoms. The van der Waals surface area contributed by atoms with Crippen molar-refractivity contribution in [1.82, 2.24) is 9.78 Å². The molecular formula is C16H23N3O. The van der Waals surface area contributed by atoms with E-state index in [1.54, 1.807) is 0 Å². The lowest BCUT2D eigenvalue weighted by Gasteiger charge is -2.14. The van der Waals surface area contributed by atoms with Gasteiger partial charge in [-0.2, -0.15) is 5.10 Å². The van der Waals surface area contributed by atoms with E-state index in [1.807, 2.05) is 23.7 Å². The molecule has 0 atom stereocenters. The van der Waals surface area contributed by atoms with E-state index < -0.39 is 0 Å². The van der Waals surface area contributed by atoms with Gasteiger partial charge < -0.3 is 10.5 Å². The molecule has 0 bridgehead atoms. The summed E-state index contributed by atoms with van der Waals surface area (Å²) in [5.74, 6) is 1.99. The smallest absolute Gasteiger partial charge is 0.145 e. The Morgan fingerprint density at radius 3 is 2.60 bits per heavy atom. The Hall–Kier alpha value is -1.97. The molecule has 1 aromatic heterocycles. The average Bonchev–Trinajstić information content (AvgIpc) is 2.66. The fourth-order valence-corrected chi connectivity index (χ4v) is 2.09. The van der Waals surface area contributed by atoms with Gasteiger partial charge in [0.15, 0.2) is 0 Å². The molecule has 0 aliphatic heterocycles. The van der Waals surface area contributed by atoms with Crippen molar-refractivity contribution in [2.75, 3.05) is 12.3 Å². The number of benzene rings is 1. The maximum absolute atomic E-state index is 5.90. The molecule has 0 saturated carbocycles. The summed E-state index contributed by atoms with van der Waals surface area (Å²) >= 11 is 0. The number of hydrogen-bond donors (Lipinski definition) is 1. The highest BCUT2D eigenvalue weighted by Crippen LogP contribution is 2.22. The number of rotatable bonds is 5. The molecule has 0 aliphatic rings. The number of nitrogens with two attached hydrogens (primary N) is 1. The maximum atomic E-state index is 5.90. The third kappa shape index (κ3) is 3.53. The Labute approximate surface area is 120 Å². The monoisotopic (exact) mass is 273 g/mol. The predicted octanol–water partition coefficient (Wildman–Crippen LogP) is 3.17. The summed E-state index contributed by atoms with van der Waals surface area (Å²) in [6.07, 6.45) is 0. The van der Waals surface area contributed by atoms with Crippen LogP contribution in [0.3, 0.4) is 0 Å². The molecular weight excluding hydrogens is 250 g/mol. The minimum Gasteiger partial charge on any atom is -0.493 e. The van der Waals surface area contributed by atoms with Gasteiger partial charge in [0.1, 0.15) is 11.6 Å². The Balaban J connectivity index is 2.25. The van der Waals surface area contributed by atoms with Gasteiger partial charge >= 0.3 is 0 Å². The van der Waals surface area contributed by atoms with Crippen LogP contribution in [0.4, 0.5) is 5.82 Å². The third-order valence-electron chi connectivity index (χ3n) is 3.11. The second-order valence-corrected chi connectivity index (χ2v) is 5.68. The Morgan fingerprint density at radius 2 is 2.00 bits per heavy atom. The van der Waals surface area contributed by atoms with Crippen LogP contribution < -0.4 is 10.5 Å². The van der Waals surface area contributed by atoms with Crippen molar-refractivity contribution in [3.05, 3.63) is 41.1 Å². The van der Waals surface area contributed by atoms with Gasteiger partial charge in [0.2, 0.25) is 0 Å². The minimum absolute atomic E-state index is 0.506. The fraction of sp³-hybridized carbons (Fsp3) is 0.438. The summed E-state index contributed by atoms with van der Waals surface area (Å²) in [5, 5.41) is 4.31. The van der Waals surface area contributed by atoms with E-state index >= 15 is 0 Å². The van der Waals surface area contributed by atoms with Gasteiger partial charge in [0.05, 0.1) is 13.2 Å². The van der Waals surface area contributed by atoms with E-state index in [0.29, 0.717) is 18.3 Å². The summed E-state index contributed by atoms with van der Waals surface area (Å²) in [6.45, 7) is 9.78. The zero-order chi connectivity index (χ0) is 14.7. The quantitative estimate of drug-likeness (QED) is 0.910. The molecule has 2 N–H and O–H groups in total. The predicted molar refractivity (Wildman–Crippen MR) is 82.0 cm³/mol. The Kier molecular flexibility index (Phi) is 4.32. The van der Waals surface area contributed by atoms with Gasteiger partial charge in [-0.3, -0.25) is 4.68 Å². The van der Waals surface area contributed by atoms with Crippen LogP contribution in [-0.4, -0.2) is 16.4 Å². The number of nitrogens with zero attached hydrogens (tertiary/aromatic N) is 2. The van der Waals surface area contributed by atoms with E-state index in [9.17, 15) is 0 Å². The van der Waals surface area contributed by atoms with Crippen LogP contribution in [-0.2, 0) is 6.54 Å². The molecule has 2 aromatic rings. The summed E-state index contributed by atoms with van der Waals surface area (Å²) in [7, 11) is 0. The van der Waals surface area contributed by atoms with Gasteiger partial charge in [-0.1, -0.05) is 31.5 Å². The normalized spacial score (nSPS) is 11.1. The molecule has 4 nitrogen and oxygen atoms in total. The first kappa shape index (κ1) is 14.4. The van der Waals surface area contributed by atoms with E-state index in [1.165, 1.54) is 5.56 Å². The maximum Gasteiger partial charge on any atom is 0.145 e. The van der Waals surface area contributed by atoms with Crippen molar-refractivity contribution >= 4 is 5.82 Å². The largest absolute Gasteiger partial charge is 0.493 e. The van der Waals surface area contributed by atoms with Crippen LogP contribution in [0.25, 0.3) is 0 Å². The Bertz CT molecular complexity index is 587. The van der Waals surface area contributed by atoms with E-state index in [2.05, 4.69) is 38.0 Å². The second-order valence-electron chi connectivity index (χ2n) is 5.68. The van der Waals surface area contributed by atoms with Gasteiger partial charge in [-0.05, 0) is 25.8 Å². The molecule has 2 rings (SSSR count). The summed E-state index contributed by atoms with van der Waals surface area (Å²) in [6, 6.07) is 8.14. The van der Waals surface area contributed by atoms with Crippen molar-refractivity contribution in [1.29, 1.82) is 0 Å². The second kappa shape index (κ2) is 5.99. The molecule has 0 aliphatic carbocycles. The van der Waals surface area contributed by atoms with Gasteiger partial charge in [0, 0.05) is 17.3 Å². The van der Waals surface area contributed by atoms with E-state index in [4.69, 9.17) is 10.5 Å². The van der Waals surface area contributed by atoms with E-state index in [0.717, 1.165) is 23.6 Å². The number of anilines is 1. The summed E-state index contributed by atoms with van der Waals surface area (Å²) in [5.41, 5.74) is 9.14. The van der Waals surface area contributed by atoms with Crippen LogP contribution in [0, 0.1) is 19.8 Å². The van der Waals surface area contributed by atoms with Gasteiger partial charge in [0.25, 0.3) is 0 Å². The molecule has 0 unspecified atom stereocenters. The molecule has 0 spiro atoms. The fourth-order valence-electron chi connectivity index (χ4n) is 2.09. The topological polar surface area (TPSA) is 53.1 Å². The zero-order valence-corrected chi connectivity index (χ0v) is 12.7. The summed E-state index contributed by atoms with van der Waals surface area (Å²) < 4.78 is 7.81. The first-order valence-electron chi connectivity index (χ1n) is 6.98. The highest BCUT2D eigenvalue weighted by atomic mass is 16.5. The highest BCUT2D eigenvalue weighted by molar-refractivity contribution is 5.38. The Morgan fingerprint density at radius 1 is 1.25 bits per heavy atom. The molecule has 1 aromatic carbocycles. The van der Waals surface area contributed by atoms with Crippen LogP contribution in [0.1, 0.15) is 30.7 Å². The summed E-state index contributed by atoms with van der Waals surface area (Å²) in [4.78, 5) is 0. The van der Waals surface area contributed by atoms with Crippen LogP contribution in [0.5, 0.6) is 5.75 Å². The number of nitrogen functional groups attached to an aromatic ring is 1. The number of ether oxygens (including phenoxy) is 1. The SMILES string of the molecule is Cc1ccc(OCC(C)C)c(Cn2nc(N)cc2C)c1. The average molecular weight is 273 g/mol.